The molecule has 0 saturated carbocycles. The van der Waals surface area contributed by atoms with E-state index in [1.54, 1.807) is 0 Å². The molecule has 0 saturated heterocycles. The molecule has 0 heterocycles. The van der Waals surface area contributed by atoms with E-state index in [1.165, 1.54) is 12.3 Å². The summed E-state index contributed by atoms with van der Waals surface area (Å²) in [5, 5.41) is 0. The monoisotopic (exact) mass is 99.1 g/mol. The summed E-state index contributed by atoms with van der Waals surface area (Å²) >= 11 is 0. The van der Waals surface area contributed by atoms with Crippen LogP contribution < -0.4 is 5.73 Å². The van der Waals surface area contributed by atoms with Crippen LogP contribution in [-0.2, 0) is 4.74 Å². The lowest BCUT2D eigenvalue weighted by atomic mass is 10.6. The summed E-state index contributed by atoms with van der Waals surface area (Å²) < 4.78 is 4.61. The minimum absolute atomic E-state index is 0.405. The lowest BCUT2D eigenvalue weighted by Gasteiger charge is -2.01. The highest BCUT2D eigenvalue weighted by molar-refractivity contribution is 4.75. The summed E-state index contributed by atoms with van der Waals surface area (Å²) in [5.41, 5.74) is 5.17. The fraction of sp³-hybridized carbons (Fsp3) is 0.200. The summed E-state index contributed by atoms with van der Waals surface area (Å²) in [6.45, 7) is 6.68. The van der Waals surface area contributed by atoms with Crippen LogP contribution in [0.1, 0.15) is 0 Å². The molecule has 0 aromatic rings. The molecule has 0 spiro atoms. The van der Waals surface area contributed by atoms with Gasteiger partial charge in [-0.3, -0.25) is 5.73 Å². The second kappa shape index (κ2) is 3.43. The van der Waals surface area contributed by atoms with E-state index in [4.69, 9.17) is 5.73 Å². The largest absolute Gasteiger partial charge is 0.480 e. The Morgan fingerprint density at radius 3 is 2.29 bits per heavy atom. The maximum Gasteiger partial charge on any atom is 0.165 e. The summed E-state index contributed by atoms with van der Waals surface area (Å²) in [5.74, 6) is 0. The Kier molecular flexibility index (Phi) is 3.06. The van der Waals surface area contributed by atoms with E-state index in [9.17, 15) is 0 Å². The molecule has 0 aliphatic rings. The zero-order chi connectivity index (χ0) is 5.70. The predicted molar refractivity (Wildman–Crippen MR) is 29.5 cm³/mol. The lowest BCUT2D eigenvalue weighted by molar-refractivity contribution is 0.195. The van der Waals surface area contributed by atoms with Gasteiger partial charge in [-0.1, -0.05) is 13.2 Å². The van der Waals surface area contributed by atoms with Crippen molar-refractivity contribution in [2.24, 2.45) is 5.73 Å². The molecule has 0 aromatic heterocycles. The molecule has 2 heteroatoms. The van der Waals surface area contributed by atoms with Crippen LogP contribution in [-0.4, -0.2) is 6.23 Å². The van der Waals surface area contributed by atoms with Crippen LogP contribution in [0, 0.1) is 0 Å². The van der Waals surface area contributed by atoms with Crippen LogP contribution in [0.15, 0.2) is 25.5 Å². The van der Waals surface area contributed by atoms with Gasteiger partial charge in [0.2, 0.25) is 0 Å². The highest BCUT2D eigenvalue weighted by atomic mass is 16.5. The van der Waals surface area contributed by atoms with Crippen molar-refractivity contribution >= 4 is 0 Å². The number of hydrogen-bond acceptors (Lipinski definition) is 2. The van der Waals surface area contributed by atoms with Crippen molar-refractivity contribution in [2.45, 2.75) is 6.23 Å². The fourth-order valence-corrected chi connectivity index (χ4v) is 0.167. The molecule has 0 aliphatic carbocycles. The minimum atomic E-state index is -0.405. The van der Waals surface area contributed by atoms with Crippen LogP contribution in [0.5, 0.6) is 0 Å². The van der Waals surface area contributed by atoms with Crippen LogP contribution in [0.4, 0.5) is 0 Å². The zero-order valence-electron chi connectivity index (χ0n) is 4.13. The van der Waals surface area contributed by atoms with Crippen molar-refractivity contribution in [3.05, 3.63) is 25.5 Å². The van der Waals surface area contributed by atoms with Gasteiger partial charge in [0.05, 0.1) is 6.26 Å². The third-order valence-electron chi connectivity index (χ3n) is 0.486. The van der Waals surface area contributed by atoms with Crippen molar-refractivity contribution in [3.8, 4) is 0 Å². The molecule has 2 nitrogen and oxygen atoms in total. The minimum Gasteiger partial charge on any atom is -0.480 e. The summed E-state index contributed by atoms with van der Waals surface area (Å²) in [7, 11) is 0. The Labute approximate surface area is 43.3 Å². The van der Waals surface area contributed by atoms with Gasteiger partial charge in [0.25, 0.3) is 0 Å². The Balaban J connectivity index is 3.15. The molecule has 0 unspecified atom stereocenters. The Morgan fingerprint density at radius 1 is 1.57 bits per heavy atom. The first kappa shape index (κ1) is 6.24. The Bertz CT molecular complexity index is 70.5. The van der Waals surface area contributed by atoms with E-state index >= 15 is 0 Å². The van der Waals surface area contributed by atoms with Crippen LogP contribution in [0.3, 0.4) is 0 Å². The number of rotatable bonds is 3. The molecular formula is C5H9NO. The fourth-order valence-electron chi connectivity index (χ4n) is 0.167. The Morgan fingerprint density at radius 2 is 2.14 bits per heavy atom. The third-order valence-corrected chi connectivity index (χ3v) is 0.486. The van der Waals surface area contributed by atoms with Crippen molar-refractivity contribution in [2.75, 3.05) is 0 Å². The van der Waals surface area contributed by atoms with Crippen LogP contribution in [0.2, 0.25) is 0 Å². The van der Waals surface area contributed by atoms with Crippen LogP contribution in [0.25, 0.3) is 0 Å². The molecule has 0 aliphatic heterocycles. The molecule has 40 valence electrons. The molecule has 0 aromatic carbocycles. The smallest absolute Gasteiger partial charge is 0.165 e. The Hall–Kier alpha value is -0.760. The zero-order valence-corrected chi connectivity index (χ0v) is 4.13. The van der Waals surface area contributed by atoms with Gasteiger partial charge in [-0.15, -0.1) is 0 Å². The summed E-state index contributed by atoms with van der Waals surface area (Å²) in [4.78, 5) is 0. The van der Waals surface area contributed by atoms with E-state index in [0.717, 1.165) is 0 Å². The van der Waals surface area contributed by atoms with E-state index in [1.807, 2.05) is 0 Å². The summed E-state index contributed by atoms with van der Waals surface area (Å²) in [6.07, 6.45) is 2.37. The molecular weight excluding hydrogens is 90.1 g/mol. The van der Waals surface area contributed by atoms with Crippen LogP contribution >= 0.6 is 0 Å². The second-order valence-electron chi connectivity index (χ2n) is 1.00. The average molecular weight is 99.1 g/mol. The van der Waals surface area contributed by atoms with Crippen molar-refractivity contribution in [1.29, 1.82) is 0 Å². The normalized spacial score (nSPS) is 12.1. The van der Waals surface area contributed by atoms with Crippen molar-refractivity contribution in [3.63, 3.8) is 0 Å². The molecule has 2 N–H and O–H groups in total. The van der Waals surface area contributed by atoms with Crippen molar-refractivity contribution < 1.29 is 4.74 Å². The van der Waals surface area contributed by atoms with Gasteiger partial charge in [0.1, 0.15) is 0 Å². The van der Waals surface area contributed by atoms with Gasteiger partial charge in [-0.05, 0) is 6.08 Å². The molecule has 7 heavy (non-hydrogen) atoms. The van der Waals surface area contributed by atoms with Gasteiger partial charge < -0.3 is 4.74 Å². The van der Waals surface area contributed by atoms with E-state index in [2.05, 4.69) is 17.9 Å². The standard InChI is InChI=1S/C5H9NO/c1-3-5(6)7-4-2/h3-5H,1-2,6H2/t5-/m0/s1. The molecule has 0 radical (unpaired) electrons. The predicted octanol–water partition coefficient (Wildman–Crippen LogP) is 0.617. The molecule has 0 fully saturated rings. The lowest BCUT2D eigenvalue weighted by Crippen LogP contribution is -2.17. The SMILES string of the molecule is C=CO[C@H](N)C=C. The van der Waals surface area contributed by atoms with E-state index < -0.39 is 6.23 Å². The molecule has 0 amide bonds. The first-order valence-corrected chi connectivity index (χ1v) is 1.95. The van der Waals surface area contributed by atoms with Gasteiger partial charge in [-0.25, -0.2) is 0 Å². The quantitative estimate of drug-likeness (QED) is 0.320. The maximum atomic E-state index is 5.17. The van der Waals surface area contributed by atoms with Gasteiger partial charge >= 0.3 is 0 Å². The van der Waals surface area contributed by atoms with Gasteiger partial charge in [-0.2, -0.15) is 0 Å². The van der Waals surface area contributed by atoms with Gasteiger partial charge in [0.15, 0.2) is 6.23 Å². The van der Waals surface area contributed by atoms with Gasteiger partial charge in [0, 0.05) is 0 Å². The molecule has 0 rings (SSSR count). The highest BCUT2D eigenvalue weighted by Gasteiger charge is 1.85. The first-order valence-electron chi connectivity index (χ1n) is 1.95. The maximum absolute atomic E-state index is 5.17. The average Bonchev–Trinajstić information content (AvgIpc) is 1.68. The number of ether oxygens (including phenoxy) is 1. The van der Waals surface area contributed by atoms with E-state index in [-0.39, 0.29) is 0 Å². The molecule has 0 bridgehead atoms. The number of hydrogen-bond donors (Lipinski definition) is 1. The summed E-state index contributed by atoms with van der Waals surface area (Å²) in [6, 6.07) is 0. The van der Waals surface area contributed by atoms with E-state index in [0.29, 0.717) is 0 Å². The topological polar surface area (TPSA) is 35.2 Å². The first-order chi connectivity index (χ1) is 3.31. The third kappa shape index (κ3) is 3.06. The highest BCUT2D eigenvalue weighted by Crippen LogP contribution is 1.80. The second-order valence-corrected chi connectivity index (χ2v) is 1.00. The number of nitrogens with two attached hydrogens (primary N) is 1. The van der Waals surface area contributed by atoms with Crippen molar-refractivity contribution in [1.82, 2.24) is 0 Å². The molecule has 1 atom stereocenters.